The number of benzene rings is 2. The van der Waals surface area contributed by atoms with Gasteiger partial charge >= 0.3 is 6.01 Å². The molecule has 0 amide bonds. The van der Waals surface area contributed by atoms with E-state index in [1.54, 1.807) is 24.3 Å². The number of anilines is 1. The average Bonchev–Trinajstić information content (AvgIpc) is 3.11. The normalized spacial score (nSPS) is 11.4. The van der Waals surface area contributed by atoms with Crippen LogP contribution in [0.15, 0.2) is 64.0 Å². The van der Waals surface area contributed by atoms with Crippen molar-refractivity contribution in [2.45, 2.75) is 18.2 Å². The molecule has 7 nitrogen and oxygen atoms in total. The highest BCUT2D eigenvalue weighted by atomic mass is 32.2. The minimum absolute atomic E-state index is 0.264. The van der Waals surface area contributed by atoms with Gasteiger partial charge < -0.3 is 9.84 Å². The van der Waals surface area contributed by atoms with Crippen LogP contribution in [0.1, 0.15) is 12.0 Å². The summed E-state index contributed by atoms with van der Waals surface area (Å²) in [6.45, 7) is 2.73. The molecule has 0 unspecified atom stereocenters. The van der Waals surface area contributed by atoms with Crippen molar-refractivity contribution in [3.05, 3.63) is 60.2 Å². The van der Waals surface area contributed by atoms with Gasteiger partial charge in [0.15, 0.2) is 0 Å². The van der Waals surface area contributed by atoms with E-state index in [2.05, 4.69) is 20.2 Å². The highest BCUT2D eigenvalue weighted by Crippen LogP contribution is 2.16. The number of nitrogens with one attached hydrogen (secondary N) is 2. The lowest BCUT2D eigenvalue weighted by molar-refractivity contribution is 0.432. The molecule has 2 aromatic carbocycles. The smallest absolute Gasteiger partial charge is 0.321 e. The van der Waals surface area contributed by atoms with Crippen LogP contribution < -0.4 is 10.0 Å². The minimum atomic E-state index is -3.48. The molecule has 0 atom stereocenters. The number of hydrogen-bond donors (Lipinski definition) is 2. The van der Waals surface area contributed by atoms with Gasteiger partial charge in [-0.2, -0.15) is 4.98 Å². The molecule has 0 spiro atoms. The van der Waals surface area contributed by atoms with E-state index in [1.807, 2.05) is 37.3 Å². The number of sulfonamides is 1. The summed E-state index contributed by atoms with van der Waals surface area (Å²) in [4.78, 5) is 4.52. The van der Waals surface area contributed by atoms with Gasteiger partial charge in [0, 0.05) is 18.7 Å². The largest absolute Gasteiger partial charge is 0.338 e. The van der Waals surface area contributed by atoms with Gasteiger partial charge in [-0.25, -0.2) is 13.1 Å². The van der Waals surface area contributed by atoms with E-state index in [0.717, 1.165) is 11.1 Å². The van der Waals surface area contributed by atoms with Crippen molar-refractivity contribution in [2.75, 3.05) is 18.4 Å². The van der Waals surface area contributed by atoms with E-state index in [0.29, 0.717) is 31.3 Å². The summed E-state index contributed by atoms with van der Waals surface area (Å²) in [6.07, 6.45) is 0.578. The third-order valence-corrected chi connectivity index (χ3v) is 5.19. The van der Waals surface area contributed by atoms with E-state index in [9.17, 15) is 8.42 Å². The Labute approximate surface area is 152 Å². The van der Waals surface area contributed by atoms with Crippen LogP contribution >= 0.6 is 0 Å². The summed E-state index contributed by atoms with van der Waals surface area (Å²) < 4.78 is 32.0. The summed E-state index contributed by atoms with van der Waals surface area (Å²) in [7, 11) is -3.48. The van der Waals surface area contributed by atoms with Gasteiger partial charge in [-0.15, -0.1) is 0 Å². The molecular formula is C18H20N4O3S. The van der Waals surface area contributed by atoms with Crippen LogP contribution in [0.2, 0.25) is 0 Å². The predicted octanol–water partition coefficient (Wildman–Crippen LogP) is 2.83. The Kier molecular flexibility index (Phi) is 5.65. The molecule has 3 aromatic rings. The van der Waals surface area contributed by atoms with Gasteiger partial charge in [0.05, 0.1) is 4.90 Å². The van der Waals surface area contributed by atoms with Crippen LogP contribution in [-0.2, 0) is 10.0 Å². The average molecular weight is 372 g/mol. The first kappa shape index (κ1) is 18.1. The van der Waals surface area contributed by atoms with Gasteiger partial charge in [-0.05, 0) is 25.5 Å². The third kappa shape index (κ3) is 4.68. The Morgan fingerprint density at radius 1 is 1.00 bits per heavy atom. The maximum atomic E-state index is 12.2. The van der Waals surface area contributed by atoms with Crippen LogP contribution in [-0.4, -0.2) is 31.6 Å². The number of aromatic nitrogens is 2. The Morgan fingerprint density at radius 3 is 2.46 bits per heavy atom. The van der Waals surface area contributed by atoms with E-state index >= 15 is 0 Å². The Balaban J connectivity index is 1.45. The van der Waals surface area contributed by atoms with Gasteiger partial charge in [0.2, 0.25) is 15.8 Å². The topological polar surface area (TPSA) is 97.1 Å². The van der Waals surface area contributed by atoms with Crippen molar-refractivity contribution in [1.82, 2.24) is 14.9 Å². The number of nitrogens with zero attached hydrogens (tertiary/aromatic N) is 2. The third-order valence-electron chi connectivity index (χ3n) is 3.71. The zero-order valence-electron chi connectivity index (χ0n) is 14.3. The van der Waals surface area contributed by atoms with Crippen molar-refractivity contribution in [3.63, 3.8) is 0 Å². The summed E-state index contributed by atoms with van der Waals surface area (Å²) in [6, 6.07) is 16.6. The molecule has 2 N–H and O–H groups in total. The van der Waals surface area contributed by atoms with E-state index in [-0.39, 0.29) is 4.90 Å². The van der Waals surface area contributed by atoms with Crippen LogP contribution in [0, 0.1) is 6.92 Å². The first-order valence-electron chi connectivity index (χ1n) is 8.24. The fourth-order valence-electron chi connectivity index (χ4n) is 2.29. The van der Waals surface area contributed by atoms with Gasteiger partial charge in [-0.1, -0.05) is 53.2 Å². The van der Waals surface area contributed by atoms with E-state index in [4.69, 9.17) is 4.52 Å². The Morgan fingerprint density at radius 2 is 1.73 bits per heavy atom. The molecule has 0 fully saturated rings. The molecule has 0 aliphatic carbocycles. The van der Waals surface area contributed by atoms with Crippen LogP contribution in [0.4, 0.5) is 6.01 Å². The fourth-order valence-corrected chi connectivity index (χ4v) is 3.36. The molecule has 8 heteroatoms. The number of hydrogen-bond acceptors (Lipinski definition) is 6. The molecule has 26 heavy (non-hydrogen) atoms. The standard InChI is InChI=1S/C18H20N4O3S/c1-14-8-10-16(11-9-14)26(23,24)20-13-5-12-19-18-21-17(22-25-18)15-6-3-2-4-7-15/h2-4,6-11,20H,5,12-13H2,1H3,(H,19,21,22). The molecule has 1 heterocycles. The lowest BCUT2D eigenvalue weighted by atomic mass is 10.2. The molecule has 0 radical (unpaired) electrons. The Bertz CT molecular complexity index is 938. The minimum Gasteiger partial charge on any atom is -0.338 e. The van der Waals surface area contributed by atoms with Crippen LogP contribution in [0.25, 0.3) is 11.4 Å². The van der Waals surface area contributed by atoms with Crippen molar-refractivity contribution < 1.29 is 12.9 Å². The molecule has 136 valence electrons. The monoisotopic (exact) mass is 372 g/mol. The van der Waals surface area contributed by atoms with Crippen molar-refractivity contribution in [2.24, 2.45) is 0 Å². The molecule has 0 aliphatic rings. The summed E-state index contributed by atoms with van der Waals surface area (Å²) in [5.74, 6) is 0.508. The van der Waals surface area contributed by atoms with Crippen LogP contribution in [0.3, 0.4) is 0 Å². The highest BCUT2D eigenvalue weighted by Gasteiger charge is 2.12. The molecule has 1 aromatic heterocycles. The first-order valence-corrected chi connectivity index (χ1v) is 9.72. The molecule has 0 aliphatic heterocycles. The maximum Gasteiger partial charge on any atom is 0.321 e. The van der Waals surface area contributed by atoms with Crippen molar-refractivity contribution in [1.29, 1.82) is 0 Å². The van der Waals surface area contributed by atoms with Gasteiger partial charge in [0.25, 0.3) is 0 Å². The summed E-state index contributed by atoms with van der Waals surface area (Å²) in [5.41, 5.74) is 1.89. The molecule has 0 saturated carbocycles. The van der Waals surface area contributed by atoms with Gasteiger partial charge in [-0.3, -0.25) is 0 Å². The first-order chi connectivity index (χ1) is 12.5. The van der Waals surface area contributed by atoms with Crippen molar-refractivity contribution in [3.8, 4) is 11.4 Å². The number of aryl methyl sites for hydroxylation is 1. The fraction of sp³-hybridized carbons (Fsp3) is 0.222. The van der Waals surface area contributed by atoms with Crippen LogP contribution in [0.5, 0.6) is 0 Å². The Hall–Kier alpha value is -2.71. The second-order valence-corrected chi connectivity index (χ2v) is 7.55. The zero-order valence-corrected chi connectivity index (χ0v) is 15.2. The van der Waals surface area contributed by atoms with E-state index < -0.39 is 10.0 Å². The molecule has 0 bridgehead atoms. The quantitative estimate of drug-likeness (QED) is 0.590. The predicted molar refractivity (Wildman–Crippen MR) is 99.2 cm³/mol. The zero-order chi connectivity index (χ0) is 18.4. The van der Waals surface area contributed by atoms with Crippen molar-refractivity contribution >= 4 is 16.0 Å². The molecule has 0 saturated heterocycles. The lowest BCUT2D eigenvalue weighted by Crippen LogP contribution is -2.26. The summed E-state index contributed by atoms with van der Waals surface area (Å²) in [5, 5.41) is 6.90. The van der Waals surface area contributed by atoms with Gasteiger partial charge in [0.1, 0.15) is 0 Å². The second kappa shape index (κ2) is 8.11. The SMILES string of the molecule is Cc1ccc(S(=O)(=O)NCCCNc2nc(-c3ccccc3)no2)cc1. The molecule has 3 rings (SSSR count). The highest BCUT2D eigenvalue weighted by molar-refractivity contribution is 7.89. The second-order valence-electron chi connectivity index (χ2n) is 5.78. The lowest BCUT2D eigenvalue weighted by Gasteiger charge is -2.07. The maximum absolute atomic E-state index is 12.2. The van der Waals surface area contributed by atoms with E-state index in [1.165, 1.54) is 0 Å². The molecular weight excluding hydrogens is 352 g/mol. The summed E-state index contributed by atoms with van der Waals surface area (Å²) >= 11 is 0. The number of rotatable bonds is 8.